The zero-order valence-electron chi connectivity index (χ0n) is 17.4. The van der Waals surface area contributed by atoms with Crippen LogP contribution in [0.15, 0.2) is 88.4 Å². The Hall–Kier alpha value is -4.72. The molecular formula is C25H17N3O5. The van der Waals surface area contributed by atoms with Gasteiger partial charge >= 0.3 is 5.97 Å². The van der Waals surface area contributed by atoms with E-state index in [1.165, 1.54) is 19.6 Å². The molecule has 0 aliphatic rings. The first-order chi connectivity index (χ1) is 16.1. The van der Waals surface area contributed by atoms with E-state index in [0.29, 0.717) is 33.3 Å². The summed E-state index contributed by atoms with van der Waals surface area (Å²) in [5, 5.41) is 1.32. The van der Waals surface area contributed by atoms with Gasteiger partial charge in [-0.05, 0) is 30.3 Å². The zero-order valence-corrected chi connectivity index (χ0v) is 17.4. The van der Waals surface area contributed by atoms with Gasteiger partial charge in [-0.15, -0.1) is 0 Å². The highest BCUT2D eigenvalue weighted by Gasteiger charge is 2.19. The summed E-state index contributed by atoms with van der Waals surface area (Å²) < 4.78 is 11.3. The molecule has 0 aliphatic heterocycles. The Morgan fingerprint density at radius 2 is 1.67 bits per heavy atom. The second kappa shape index (κ2) is 8.08. The molecule has 3 aromatic heterocycles. The molecule has 5 aromatic rings. The molecule has 1 N–H and O–H groups in total. The molecule has 5 rings (SSSR count). The molecule has 0 radical (unpaired) electrons. The van der Waals surface area contributed by atoms with Crippen molar-refractivity contribution in [3.63, 3.8) is 0 Å². The number of carbonyl (C=O) groups excluding carboxylic acids is 2. The second-order valence-electron chi connectivity index (χ2n) is 7.25. The predicted molar refractivity (Wildman–Crippen MR) is 123 cm³/mol. The number of methoxy groups -OCH3 is 1. The third-order valence-electron chi connectivity index (χ3n) is 5.29. The molecule has 8 nitrogen and oxygen atoms in total. The SMILES string of the molecule is COC(=O)c1cn(NC(=O)c2cc(-c3ccco3)nc3ccccc23)c(=O)c2ccccc12. The summed E-state index contributed by atoms with van der Waals surface area (Å²) in [5.41, 5.74) is 3.65. The first-order valence-electron chi connectivity index (χ1n) is 10.0. The fourth-order valence-corrected chi connectivity index (χ4v) is 3.73. The Bertz CT molecular complexity index is 1590. The number of rotatable bonds is 4. The smallest absolute Gasteiger partial charge is 0.340 e. The highest BCUT2D eigenvalue weighted by Crippen LogP contribution is 2.25. The van der Waals surface area contributed by atoms with Crippen LogP contribution in [-0.2, 0) is 4.74 Å². The van der Waals surface area contributed by atoms with Crippen LogP contribution in [-0.4, -0.2) is 28.6 Å². The molecule has 0 unspecified atom stereocenters. The van der Waals surface area contributed by atoms with Crippen molar-refractivity contribution < 1.29 is 18.7 Å². The van der Waals surface area contributed by atoms with E-state index in [4.69, 9.17) is 9.15 Å². The average molecular weight is 439 g/mol. The Balaban J connectivity index is 1.64. The number of hydrogen-bond donors (Lipinski definition) is 1. The van der Waals surface area contributed by atoms with Gasteiger partial charge in [0.25, 0.3) is 11.5 Å². The maximum Gasteiger partial charge on any atom is 0.340 e. The third-order valence-corrected chi connectivity index (χ3v) is 5.29. The summed E-state index contributed by atoms with van der Waals surface area (Å²) in [4.78, 5) is 43.3. The largest absolute Gasteiger partial charge is 0.465 e. The van der Waals surface area contributed by atoms with Gasteiger partial charge in [-0.2, -0.15) is 0 Å². The summed E-state index contributed by atoms with van der Waals surface area (Å²) in [5.74, 6) is -0.663. The second-order valence-corrected chi connectivity index (χ2v) is 7.25. The normalized spacial score (nSPS) is 10.9. The summed E-state index contributed by atoms with van der Waals surface area (Å²) in [6.45, 7) is 0. The van der Waals surface area contributed by atoms with Gasteiger partial charge in [0, 0.05) is 22.4 Å². The number of para-hydroxylation sites is 1. The number of aromatic nitrogens is 2. The number of benzene rings is 2. The topological polar surface area (TPSA) is 103 Å². The van der Waals surface area contributed by atoms with Crippen LogP contribution in [0.4, 0.5) is 0 Å². The van der Waals surface area contributed by atoms with Crippen LogP contribution in [0.5, 0.6) is 0 Å². The van der Waals surface area contributed by atoms with E-state index in [1.54, 1.807) is 60.7 Å². The van der Waals surface area contributed by atoms with Crippen molar-refractivity contribution in [2.45, 2.75) is 0 Å². The number of esters is 1. The van der Waals surface area contributed by atoms with Crippen molar-refractivity contribution in [1.29, 1.82) is 0 Å². The molecule has 0 spiro atoms. The maximum absolute atomic E-state index is 13.3. The van der Waals surface area contributed by atoms with Gasteiger partial charge in [0.2, 0.25) is 0 Å². The van der Waals surface area contributed by atoms with Crippen LogP contribution in [0.1, 0.15) is 20.7 Å². The minimum atomic E-state index is -0.622. The van der Waals surface area contributed by atoms with Crippen LogP contribution in [0.25, 0.3) is 33.1 Å². The molecule has 2 aromatic carbocycles. The highest BCUT2D eigenvalue weighted by molar-refractivity contribution is 6.11. The molecule has 1 amide bonds. The first-order valence-corrected chi connectivity index (χ1v) is 10.0. The zero-order chi connectivity index (χ0) is 22.9. The Kier molecular flexibility index (Phi) is 4.95. The summed E-state index contributed by atoms with van der Waals surface area (Å²) in [7, 11) is 1.25. The van der Waals surface area contributed by atoms with Gasteiger partial charge in [-0.25, -0.2) is 14.5 Å². The first kappa shape index (κ1) is 20.2. The van der Waals surface area contributed by atoms with Gasteiger partial charge in [0.05, 0.1) is 30.0 Å². The maximum atomic E-state index is 13.3. The van der Waals surface area contributed by atoms with Crippen molar-refractivity contribution in [2.75, 3.05) is 12.5 Å². The van der Waals surface area contributed by atoms with Crippen LogP contribution in [0.3, 0.4) is 0 Å². The molecule has 162 valence electrons. The number of hydrogen-bond acceptors (Lipinski definition) is 6. The van der Waals surface area contributed by atoms with Crippen LogP contribution < -0.4 is 11.0 Å². The van der Waals surface area contributed by atoms with Crippen LogP contribution >= 0.6 is 0 Å². The Morgan fingerprint density at radius 3 is 2.39 bits per heavy atom. The van der Waals surface area contributed by atoms with Crippen molar-refractivity contribution in [1.82, 2.24) is 9.66 Å². The molecule has 8 heteroatoms. The number of carbonyl (C=O) groups is 2. The minimum Gasteiger partial charge on any atom is -0.465 e. The van der Waals surface area contributed by atoms with E-state index in [0.717, 1.165) is 4.68 Å². The van der Waals surface area contributed by atoms with E-state index >= 15 is 0 Å². The van der Waals surface area contributed by atoms with Crippen LogP contribution in [0, 0.1) is 0 Å². The van der Waals surface area contributed by atoms with E-state index < -0.39 is 17.4 Å². The quantitative estimate of drug-likeness (QED) is 0.425. The highest BCUT2D eigenvalue weighted by atomic mass is 16.5. The monoisotopic (exact) mass is 439 g/mol. The van der Waals surface area contributed by atoms with Gasteiger partial charge in [-0.1, -0.05) is 36.4 Å². The van der Waals surface area contributed by atoms with Crippen LogP contribution in [0.2, 0.25) is 0 Å². The number of fused-ring (bicyclic) bond motifs is 2. The van der Waals surface area contributed by atoms with Crippen molar-refractivity contribution in [3.05, 3.63) is 101 Å². The number of nitrogens with one attached hydrogen (secondary N) is 1. The molecular weight excluding hydrogens is 422 g/mol. The van der Waals surface area contributed by atoms with Crippen molar-refractivity contribution in [3.8, 4) is 11.5 Å². The Labute approximate surface area is 187 Å². The fraction of sp³-hybridized carbons (Fsp3) is 0.0400. The summed E-state index contributed by atoms with van der Waals surface area (Å²) in [6, 6.07) is 18.9. The standard InChI is InChI=1S/C25H17N3O5/c1-32-25(31)19-14-28(24(30)17-9-3-2-7-15(17)19)27-23(29)18-13-21(22-11-6-12-33-22)26-20-10-5-4-8-16(18)20/h2-14H,1H3,(H,27,29). The third kappa shape index (κ3) is 3.53. The van der Waals surface area contributed by atoms with E-state index in [-0.39, 0.29) is 10.9 Å². The lowest BCUT2D eigenvalue weighted by Gasteiger charge is -2.14. The lowest BCUT2D eigenvalue weighted by Crippen LogP contribution is -2.34. The fourth-order valence-electron chi connectivity index (χ4n) is 3.73. The van der Waals surface area contributed by atoms with Crippen molar-refractivity contribution in [2.24, 2.45) is 0 Å². The molecule has 0 atom stereocenters. The Morgan fingerprint density at radius 1 is 0.939 bits per heavy atom. The molecule has 33 heavy (non-hydrogen) atoms. The van der Waals surface area contributed by atoms with E-state index in [2.05, 4.69) is 10.4 Å². The number of amides is 1. The molecule has 0 aliphatic carbocycles. The summed E-state index contributed by atoms with van der Waals surface area (Å²) >= 11 is 0. The van der Waals surface area contributed by atoms with E-state index in [1.807, 2.05) is 6.07 Å². The van der Waals surface area contributed by atoms with Gasteiger partial charge in [0.1, 0.15) is 5.69 Å². The minimum absolute atomic E-state index is 0.156. The number of furan rings is 1. The molecule has 0 saturated heterocycles. The van der Waals surface area contributed by atoms with Gasteiger partial charge in [-0.3, -0.25) is 15.0 Å². The molecule has 0 fully saturated rings. The molecule has 3 heterocycles. The summed E-state index contributed by atoms with van der Waals surface area (Å²) in [6.07, 6.45) is 2.79. The number of nitrogens with zero attached hydrogens (tertiary/aromatic N) is 2. The van der Waals surface area contributed by atoms with Gasteiger partial charge in [0.15, 0.2) is 5.76 Å². The van der Waals surface area contributed by atoms with Crippen molar-refractivity contribution >= 4 is 33.6 Å². The average Bonchev–Trinajstić information content (AvgIpc) is 3.39. The number of ether oxygens (including phenoxy) is 1. The van der Waals surface area contributed by atoms with Gasteiger partial charge < -0.3 is 9.15 Å². The molecule has 0 bridgehead atoms. The number of pyridine rings is 2. The van der Waals surface area contributed by atoms with E-state index in [9.17, 15) is 14.4 Å². The lowest BCUT2D eigenvalue weighted by molar-refractivity contribution is 0.0601. The lowest BCUT2D eigenvalue weighted by atomic mass is 10.1. The molecule has 0 saturated carbocycles. The predicted octanol–water partition coefficient (Wildman–Crippen LogP) is 3.98.